The lowest BCUT2D eigenvalue weighted by molar-refractivity contribution is 0.738. The Bertz CT molecular complexity index is 820. The summed E-state index contributed by atoms with van der Waals surface area (Å²) in [5, 5.41) is 5.14. The van der Waals surface area contributed by atoms with Crippen molar-refractivity contribution in [1.82, 2.24) is 19.3 Å². The predicted molar refractivity (Wildman–Crippen MR) is 89.0 cm³/mol. The van der Waals surface area contributed by atoms with Crippen LogP contribution in [0.2, 0.25) is 5.02 Å². The molecule has 0 bridgehead atoms. The van der Waals surface area contributed by atoms with Crippen molar-refractivity contribution >= 4 is 44.6 Å². The first-order valence-corrected chi connectivity index (χ1v) is 7.85. The van der Waals surface area contributed by atoms with Crippen LogP contribution in [0.1, 0.15) is 19.0 Å². The first kappa shape index (κ1) is 14.4. The Labute approximate surface area is 135 Å². The molecule has 1 aromatic carbocycles. The van der Waals surface area contributed by atoms with E-state index in [2.05, 4.69) is 32.9 Å². The zero-order chi connectivity index (χ0) is 15.1. The van der Waals surface area contributed by atoms with Crippen LogP contribution < -0.4 is 5.73 Å². The molecule has 0 aliphatic carbocycles. The van der Waals surface area contributed by atoms with Gasteiger partial charge < -0.3 is 5.73 Å². The number of aromatic nitrogens is 4. The minimum atomic E-state index is 0.416. The highest BCUT2D eigenvalue weighted by atomic mass is 79.9. The largest absolute Gasteiger partial charge is 0.369 e. The van der Waals surface area contributed by atoms with Crippen LogP contribution in [0.15, 0.2) is 22.7 Å². The Morgan fingerprint density at radius 3 is 2.81 bits per heavy atom. The summed E-state index contributed by atoms with van der Waals surface area (Å²) in [6, 6.07) is 5.68. The van der Waals surface area contributed by atoms with E-state index >= 15 is 0 Å². The van der Waals surface area contributed by atoms with E-state index in [0.29, 0.717) is 11.0 Å². The number of hydrogen-bond donors (Lipinski definition) is 1. The van der Waals surface area contributed by atoms with Gasteiger partial charge in [-0.15, -0.1) is 0 Å². The first-order chi connectivity index (χ1) is 10.0. The Balaban J connectivity index is 2.30. The van der Waals surface area contributed by atoms with Gasteiger partial charge in [0.05, 0.1) is 16.4 Å². The van der Waals surface area contributed by atoms with Gasteiger partial charge in [0.2, 0.25) is 5.95 Å². The molecule has 0 atom stereocenters. The predicted octanol–water partition coefficient (Wildman–Crippen LogP) is 3.71. The number of imidazole rings is 1. The van der Waals surface area contributed by atoms with E-state index in [0.717, 1.165) is 39.9 Å². The molecule has 3 rings (SSSR count). The van der Waals surface area contributed by atoms with Gasteiger partial charge in [0, 0.05) is 11.5 Å². The molecular formula is C14H15BrClN5. The van der Waals surface area contributed by atoms with Crippen LogP contribution in [0, 0.1) is 0 Å². The standard InChI is InChI=1S/C14H15BrClN5/c1-3-4-10-12-13(20(2)19-10)21(14(17)18-12)11-6-5-8(15)7-9(11)16/h5-7H,3-4H2,1-2H3,(H2,17,18). The molecule has 0 fully saturated rings. The van der Waals surface area contributed by atoms with E-state index in [-0.39, 0.29) is 0 Å². The number of nitrogen functional groups attached to an aromatic ring is 1. The molecule has 7 heteroatoms. The fourth-order valence-corrected chi connectivity index (χ4v) is 3.26. The number of benzene rings is 1. The normalized spacial score (nSPS) is 11.4. The van der Waals surface area contributed by atoms with Crippen LogP contribution in [0.3, 0.4) is 0 Å². The van der Waals surface area contributed by atoms with E-state index in [1.807, 2.05) is 34.5 Å². The number of anilines is 1. The molecule has 2 N–H and O–H groups in total. The van der Waals surface area contributed by atoms with E-state index in [1.54, 1.807) is 0 Å². The summed E-state index contributed by atoms with van der Waals surface area (Å²) in [6.07, 6.45) is 1.89. The van der Waals surface area contributed by atoms with Gasteiger partial charge >= 0.3 is 0 Å². The van der Waals surface area contributed by atoms with Gasteiger partial charge in [-0.1, -0.05) is 40.9 Å². The second kappa shape index (κ2) is 5.35. The molecule has 0 amide bonds. The van der Waals surface area contributed by atoms with E-state index in [1.165, 1.54) is 0 Å². The van der Waals surface area contributed by atoms with Gasteiger partial charge in [-0.2, -0.15) is 5.10 Å². The van der Waals surface area contributed by atoms with E-state index in [4.69, 9.17) is 17.3 Å². The maximum Gasteiger partial charge on any atom is 0.207 e. The second-order valence-electron chi connectivity index (χ2n) is 4.89. The number of nitrogens with zero attached hydrogens (tertiary/aromatic N) is 4. The molecule has 0 unspecified atom stereocenters. The average molecular weight is 369 g/mol. The summed E-state index contributed by atoms with van der Waals surface area (Å²) >= 11 is 9.76. The molecule has 5 nitrogen and oxygen atoms in total. The summed E-state index contributed by atoms with van der Waals surface area (Å²) in [4.78, 5) is 4.48. The molecule has 0 spiro atoms. The molecule has 0 saturated carbocycles. The third kappa shape index (κ3) is 2.32. The Morgan fingerprint density at radius 1 is 1.38 bits per heavy atom. The third-order valence-electron chi connectivity index (χ3n) is 3.37. The molecule has 2 heterocycles. The fraction of sp³-hybridized carbons (Fsp3) is 0.286. The number of halogens is 2. The number of aryl methyl sites for hydroxylation is 2. The van der Waals surface area contributed by atoms with Gasteiger partial charge in [0.25, 0.3) is 0 Å². The molecule has 3 aromatic rings. The lowest BCUT2D eigenvalue weighted by Gasteiger charge is -2.09. The van der Waals surface area contributed by atoms with Crippen molar-refractivity contribution in [3.05, 3.63) is 33.4 Å². The molecule has 0 aliphatic heterocycles. The maximum absolute atomic E-state index is 6.35. The highest BCUT2D eigenvalue weighted by molar-refractivity contribution is 9.10. The number of fused-ring (bicyclic) bond motifs is 1. The summed E-state index contributed by atoms with van der Waals surface area (Å²) in [6.45, 7) is 2.12. The smallest absolute Gasteiger partial charge is 0.207 e. The number of hydrogen-bond acceptors (Lipinski definition) is 3. The molecule has 2 aromatic heterocycles. The van der Waals surface area contributed by atoms with Gasteiger partial charge in [-0.05, 0) is 24.6 Å². The van der Waals surface area contributed by atoms with Crippen LogP contribution in [0.25, 0.3) is 16.9 Å². The van der Waals surface area contributed by atoms with Crippen LogP contribution >= 0.6 is 27.5 Å². The van der Waals surface area contributed by atoms with Crippen molar-refractivity contribution < 1.29 is 0 Å². The quantitative estimate of drug-likeness (QED) is 0.766. The summed E-state index contributed by atoms with van der Waals surface area (Å²) < 4.78 is 4.57. The van der Waals surface area contributed by atoms with Crippen LogP contribution in [0.4, 0.5) is 5.95 Å². The van der Waals surface area contributed by atoms with Gasteiger partial charge in [-0.3, -0.25) is 4.57 Å². The summed E-state index contributed by atoms with van der Waals surface area (Å²) in [7, 11) is 1.89. The van der Waals surface area contributed by atoms with Gasteiger partial charge in [-0.25, -0.2) is 9.67 Å². The van der Waals surface area contributed by atoms with Crippen molar-refractivity contribution in [2.45, 2.75) is 19.8 Å². The Morgan fingerprint density at radius 2 is 2.14 bits per heavy atom. The molecule has 0 radical (unpaired) electrons. The molecule has 21 heavy (non-hydrogen) atoms. The average Bonchev–Trinajstić information content (AvgIpc) is 2.89. The Hall–Kier alpha value is -1.53. The van der Waals surface area contributed by atoms with Crippen LogP contribution in [0.5, 0.6) is 0 Å². The first-order valence-electron chi connectivity index (χ1n) is 6.68. The number of nitrogens with two attached hydrogens (primary N) is 1. The lowest BCUT2D eigenvalue weighted by atomic mass is 10.2. The molecule has 110 valence electrons. The highest BCUT2D eigenvalue weighted by Crippen LogP contribution is 2.31. The SMILES string of the molecule is CCCc1nn(C)c2c1nc(N)n2-c1ccc(Br)cc1Cl. The van der Waals surface area contributed by atoms with Crippen molar-refractivity contribution in [3.63, 3.8) is 0 Å². The fourth-order valence-electron chi connectivity index (χ4n) is 2.50. The summed E-state index contributed by atoms with van der Waals surface area (Å²) in [5.41, 5.74) is 9.58. The van der Waals surface area contributed by atoms with Crippen molar-refractivity contribution in [1.29, 1.82) is 0 Å². The van der Waals surface area contributed by atoms with E-state index < -0.39 is 0 Å². The minimum Gasteiger partial charge on any atom is -0.369 e. The van der Waals surface area contributed by atoms with E-state index in [9.17, 15) is 0 Å². The molecule has 0 aliphatic rings. The topological polar surface area (TPSA) is 61.7 Å². The third-order valence-corrected chi connectivity index (χ3v) is 4.16. The van der Waals surface area contributed by atoms with Crippen molar-refractivity contribution in [2.24, 2.45) is 7.05 Å². The Kier molecular flexibility index (Phi) is 3.67. The molecule has 0 saturated heterocycles. The van der Waals surface area contributed by atoms with Gasteiger partial charge in [0.15, 0.2) is 5.65 Å². The second-order valence-corrected chi connectivity index (χ2v) is 6.22. The molecular weight excluding hydrogens is 354 g/mol. The highest BCUT2D eigenvalue weighted by Gasteiger charge is 2.19. The van der Waals surface area contributed by atoms with Crippen molar-refractivity contribution in [3.8, 4) is 5.69 Å². The maximum atomic E-state index is 6.35. The van der Waals surface area contributed by atoms with Crippen molar-refractivity contribution in [2.75, 3.05) is 5.73 Å². The van der Waals surface area contributed by atoms with Crippen LogP contribution in [-0.2, 0) is 13.5 Å². The van der Waals surface area contributed by atoms with Crippen LogP contribution in [-0.4, -0.2) is 19.3 Å². The zero-order valence-corrected chi connectivity index (χ0v) is 14.1. The summed E-state index contributed by atoms with van der Waals surface area (Å²) in [5.74, 6) is 0.416. The monoisotopic (exact) mass is 367 g/mol. The zero-order valence-electron chi connectivity index (χ0n) is 11.8. The number of rotatable bonds is 3. The minimum absolute atomic E-state index is 0.416. The van der Waals surface area contributed by atoms with Gasteiger partial charge in [0.1, 0.15) is 5.52 Å². The lowest BCUT2D eigenvalue weighted by Crippen LogP contribution is -2.05.